The summed E-state index contributed by atoms with van der Waals surface area (Å²) in [4.78, 5) is 0. The first-order valence-electron chi connectivity index (χ1n) is 1.46. The summed E-state index contributed by atoms with van der Waals surface area (Å²) in [5.74, 6) is 0. The molecule has 0 aliphatic rings. The molecule has 0 spiro atoms. The van der Waals surface area contributed by atoms with Crippen LogP contribution in [0.3, 0.4) is 0 Å². The fraction of sp³-hybridized carbons (Fsp3) is 0. The Kier molecular flexibility index (Phi) is 35.6. The summed E-state index contributed by atoms with van der Waals surface area (Å²) in [7, 11) is 0. The van der Waals surface area contributed by atoms with Crippen LogP contribution in [0.25, 0.3) is 0 Å². The van der Waals surface area contributed by atoms with Crippen LogP contribution >= 0.6 is 0 Å². The van der Waals surface area contributed by atoms with E-state index in [9.17, 15) is 0 Å². The van der Waals surface area contributed by atoms with E-state index >= 15 is 0 Å². The SMILES string of the molecule is [O]=[V]([O-])([O-])[O-].[O]=[V]([O-])([O-])[O-].[Sr+2].[Sr+2].[Sr+2]. The van der Waals surface area contributed by atoms with Crippen molar-refractivity contribution in [3.05, 3.63) is 0 Å². The van der Waals surface area contributed by atoms with Crippen molar-refractivity contribution in [1.29, 1.82) is 0 Å². The molecule has 0 fully saturated rings. The molecule has 0 amide bonds. The van der Waals surface area contributed by atoms with Crippen LogP contribution < -0.4 is 24.2 Å². The van der Waals surface area contributed by atoms with Crippen LogP contribution in [-0.2, 0) is 37.4 Å². The first-order valence-corrected chi connectivity index (χ1v) is 6.02. The molecule has 13 heteroatoms. The molecule has 13 heavy (non-hydrogen) atoms. The summed E-state index contributed by atoms with van der Waals surface area (Å²) in [5.41, 5.74) is 0. The molecule has 0 unspecified atom stereocenters. The predicted molar refractivity (Wildman–Crippen MR) is 18.6 cm³/mol. The Balaban J connectivity index is -0.0000000267. The summed E-state index contributed by atoms with van der Waals surface area (Å²) in [6.45, 7) is 0. The van der Waals surface area contributed by atoms with Gasteiger partial charge in [0.15, 0.2) is 0 Å². The van der Waals surface area contributed by atoms with E-state index < -0.39 is 30.0 Å². The Hall–Kier alpha value is 4.97. The van der Waals surface area contributed by atoms with Gasteiger partial charge in [0.05, 0.1) is 0 Å². The fourth-order valence-electron chi connectivity index (χ4n) is 0. The molecule has 0 heterocycles. The first kappa shape index (κ1) is 30.8. The summed E-state index contributed by atoms with van der Waals surface area (Å²) in [6, 6.07) is 0. The van der Waals surface area contributed by atoms with Gasteiger partial charge in [0.25, 0.3) is 0 Å². The minimum Gasteiger partial charge on any atom is 2.00 e. The van der Waals surface area contributed by atoms with E-state index in [4.69, 9.17) is 31.5 Å². The van der Waals surface area contributed by atoms with Gasteiger partial charge in [-0.05, 0) is 0 Å². The molecule has 0 aromatic carbocycles. The van der Waals surface area contributed by atoms with Gasteiger partial charge < -0.3 is 0 Å². The van der Waals surface area contributed by atoms with Gasteiger partial charge in [-0.25, -0.2) is 0 Å². The molecular formula is O8Sr3V2. The second-order valence-corrected chi connectivity index (χ2v) is 3.69. The molecule has 0 rings (SSSR count). The van der Waals surface area contributed by atoms with Crippen LogP contribution in [0.15, 0.2) is 0 Å². The molecule has 0 radical (unpaired) electrons. The van der Waals surface area contributed by atoms with Crippen LogP contribution in [-0.4, -0.2) is 136 Å². The number of rotatable bonds is 0. The van der Waals surface area contributed by atoms with Gasteiger partial charge in [-0.2, -0.15) is 0 Å². The molecular weight excluding hydrogens is 493 g/mol. The molecule has 0 bridgehead atoms. The van der Waals surface area contributed by atoms with Crippen LogP contribution in [0.2, 0.25) is 0 Å². The third-order valence-electron chi connectivity index (χ3n) is 0. The van der Waals surface area contributed by atoms with Crippen molar-refractivity contribution in [2.24, 2.45) is 0 Å². The number of hydrogen-bond donors (Lipinski definition) is 0. The van der Waals surface area contributed by atoms with Crippen molar-refractivity contribution < 1.29 is 61.6 Å². The third-order valence-corrected chi connectivity index (χ3v) is 0. The first-order chi connectivity index (χ1) is 4.00. The minimum atomic E-state index is -5.88. The molecule has 0 aliphatic carbocycles. The minimum absolute atomic E-state index is 0. The van der Waals surface area contributed by atoms with Crippen molar-refractivity contribution in [2.75, 3.05) is 0 Å². The molecule has 0 saturated heterocycles. The van der Waals surface area contributed by atoms with Gasteiger partial charge in [-0.1, -0.05) is 0 Å². The van der Waals surface area contributed by atoms with Crippen LogP contribution in [0.1, 0.15) is 0 Å². The van der Waals surface area contributed by atoms with E-state index in [2.05, 4.69) is 0 Å². The maximum atomic E-state index is 8.61. The van der Waals surface area contributed by atoms with Crippen LogP contribution in [0.4, 0.5) is 0 Å². The fourth-order valence-corrected chi connectivity index (χ4v) is 0. The van der Waals surface area contributed by atoms with E-state index in [0.29, 0.717) is 0 Å². The van der Waals surface area contributed by atoms with Crippen molar-refractivity contribution >= 4 is 136 Å². The van der Waals surface area contributed by atoms with Gasteiger partial charge in [-0.15, -0.1) is 0 Å². The molecule has 0 atom stereocenters. The average Bonchev–Trinajstić information content (AvgIpc) is 1.12. The maximum absolute atomic E-state index is 8.61. The summed E-state index contributed by atoms with van der Waals surface area (Å²) in [5, 5.41) is 0. The maximum Gasteiger partial charge on any atom is 2.00 e. The Labute approximate surface area is 192 Å². The summed E-state index contributed by atoms with van der Waals surface area (Å²) < 4.78 is 68.9. The number of hydrogen-bond acceptors (Lipinski definition) is 8. The zero-order valence-electron chi connectivity index (χ0n) is 6.28. The van der Waals surface area contributed by atoms with Gasteiger partial charge >= 0.3 is 198 Å². The van der Waals surface area contributed by atoms with E-state index in [1.165, 1.54) is 0 Å². The van der Waals surface area contributed by atoms with E-state index in [1.807, 2.05) is 0 Å². The van der Waals surface area contributed by atoms with Crippen LogP contribution in [0.5, 0.6) is 0 Å². The standard InChI is InChI=1S/8O.3Sr.2V/q;;6*-1;3*+2;;. The molecule has 0 saturated carbocycles. The van der Waals surface area contributed by atoms with Gasteiger partial charge in [0.2, 0.25) is 0 Å². The van der Waals surface area contributed by atoms with E-state index in [-0.39, 0.29) is 136 Å². The second-order valence-electron chi connectivity index (χ2n) is 0.894. The van der Waals surface area contributed by atoms with Crippen molar-refractivity contribution in [2.45, 2.75) is 0 Å². The summed E-state index contributed by atoms with van der Waals surface area (Å²) in [6.07, 6.45) is 0. The average molecular weight is 493 g/mol. The Morgan fingerprint density at radius 1 is 0.538 bits per heavy atom. The van der Waals surface area contributed by atoms with Crippen molar-refractivity contribution in [3.63, 3.8) is 0 Å². The van der Waals surface area contributed by atoms with Gasteiger partial charge in [0, 0.05) is 0 Å². The smallest absolute Gasteiger partial charge is 2.00 e. The Morgan fingerprint density at radius 2 is 0.538 bits per heavy atom. The van der Waals surface area contributed by atoms with Crippen molar-refractivity contribution in [3.8, 4) is 0 Å². The molecule has 64 valence electrons. The molecule has 0 N–H and O–H groups in total. The van der Waals surface area contributed by atoms with Crippen molar-refractivity contribution in [1.82, 2.24) is 0 Å². The third kappa shape index (κ3) is 154. The van der Waals surface area contributed by atoms with Gasteiger partial charge in [-0.3, -0.25) is 0 Å². The zero-order chi connectivity index (χ0) is 9.00. The molecule has 0 aromatic heterocycles. The molecule has 8 nitrogen and oxygen atoms in total. The quantitative estimate of drug-likeness (QED) is 0.300. The van der Waals surface area contributed by atoms with Gasteiger partial charge in [0.1, 0.15) is 0 Å². The largest absolute Gasteiger partial charge is 2.00 e. The summed E-state index contributed by atoms with van der Waals surface area (Å²) >= 11 is -11.8. The van der Waals surface area contributed by atoms with E-state index in [1.54, 1.807) is 0 Å². The Morgan fingerprint density at radius 3 is 0.538 bits per heavy atom. The van der Waals surface area contributed by atoms with E-state index in [0.717, 1.165) is 0 Å². The predicted octanol–water partition coefficient (Wildman–Crippen LogP) is -8.52. The second kappa shape index (κ2) is 15.0. The zero-order valence-corrected chi connectivity index (χ0v) is 19.5. The monoisotopic (exact) mass is 494 g/mol. The molecule has 0 aromatic rings. The van der Waals surface area contributed by atoms with Crippen LogP contribution in [0, 0.1) is 0 Å². The molecule has 0 aliphatic heterocycles. The normalized spacial score (nSPS) is 9.08. The Bertz CT molecular complexity index is 130. The topological polar surface area (TPSA) is 172 Å².